The van der Waals surface area contributed by atoms with Crippen LogP contribution in [0.25, 0.3) is 0 Å². The van der Waals surface area contributed by atoms with E-state index in [0.29, 0.717) is 29.6 Å². The molecule has 0 bridgehead atoms. The van der Waals surface area contributed by atoms with Crippen LogP contribution in [-0.4, -0.2) is 22.4 Å². The van der Waals surface area contributed by atoms with Crippen molar-refractivity contribution in [1.82, 2.24) is 0 Å². The van der Waals surface area contributed by atoms with Gasteiger partial charge in [0.2, 0.25) is 0 Å². The summed E-state index contributed by atoms with van der Waals surface area (Å²) >= 11 is 0. The highest BCUT2D eigenvalue weighted by atomic mass is 16.3. The van der Waals surface area contributed by atoms with Crippen LogP contribution in [0.15, 0.2) is 11.6 Å². The minimum absolute atomic E-state index is 0.0231. The summed E-state index contributed by atoms with van der Waals surface area (Å²) < 4.78 is 0. The molecule has 0 spiro atoms. The highest BCUT2D eigenvalue weighted by Crippen LogP contribution is 2.66. The Morgan fingerprint density at radius 3 is 2.42 bits per heavy atom. The summed E-state index contributed by atoms with van der Waals surface area (Å²) in [6.45, 7) is 14.4. The van der Waals surface area contributed by atoms with Crippen molar-refractivity contribution in [3.63, 3.8) is 0 Å². The molecule has 0 unspecified atom stereocenters. The molecule has 0 radical (unpaired) electrons. The van der Waals surface area contributed by atoms with Gasteiger partial charge in [-0.15, -0.1) is 0 Å². The van der Waals surface area contributed by atoms with Gasteiger partial charge >= 0.3 is 0 Å². The van der Waals surface area contributed by atoms with Gasteiger partial charge in [0.25, 0.3) is 0 Å². The van der Waals surface area contributed by atoms with Crippen LogP contribution < -0.4 is 0 Å². The molecule has 0 aromatic carbocycles. The lowest BCUT2D eigenvalue weighted by atomic mass is 9.47. The number of hydrogen-bond donors (Lipinski definition) is 2. The predicted molar refractivity (Wildman–Crippen MR) is 130 cm³/mol. The van der Waals surface area contributed by atoms with Crippen molar-refractivity contribution in [3.05, 3.63) is 11.6 Å². The van der Waals surface area contributed by atoms with Crippen LogP contribution >= 0.6 is 0 Å². The number of allylic oxidation sites excluding steroid dienone is 1. The van der Waals surface area contributed by atoms with Crippen LogP contribution in [0.3, 0.4) is 0 Å². The van der Waals surface area contributed by atoms with Crippen LogP contribution in [-0.2, 0) is 0 Å². The van der Waals surface area contributed by atoms with Gasteiger partial charge in [0, 0.05) is 5.41 Å². The molecule has 2 N–H and O–H groups in total. The standard InChI is InChI=1S/C29H50O2/c1-7-20(18(2)3)12-11-19(4)22-13-14-23-21-16-26(30)24-10-8-9-15-28(24,5)25(21)17-27(31)29(22,23)6/h17-24,26-27,30-31H,7-16H2,1-6H3/t19-,20-,21+,22-,23+,24+,26-,27+,28+,29-/m1/s1. The van der Waals surface area contributed by atoms with E-state index < -0.39 is 0 Å². The maximum Gasteiger partial charge on any atom is 0.0782 e. The molecule has 0 aromatic heterocycles. The number of hydrogen-bond acceptors (Lipinski definition) is 2. The van der Waals surface area contributed by atoms with Crippen molar-refractivity contribution in [2.75, 3.05) is 0 Å². The largest absolute Gasteiger partial charge is 0.393 e. The Kier molecular flexibility index (Phi) is 6.75. The second-order valence-electron chi connectivity index (χ2n) is 12.9. The lowest BCUT2D eigenvalue weighted by Gasteiger charge is -2.59. The normalized spacial score (nSPS) is 46.7. The summed E-state index contributed by atoms with van der Waals surface area (Å²) in [5.41, 5.74) is 1.62. The SMILES string of the molecule is CC[C@H](CC[C@@H](C)[C@H]1CC[C@H]2[C@@H]3C[C@@H](O)[C@@H]4CCCC[C@]4(C)C3=C[C@H](O)[C@]12C)C(C)C. The number of rotatable bonds is 6. The average Bonchev–Trinajstić information content (AvgIpc) is 3.08. The van der Waals surface area contributed by atoms with Crippen molar-refractivity contribution >= 4 is 0 Å². The van der Waals surface area contributed by atoms with Gasteiger partial charge in [-0.05, 0) is 85.4 Å². The van der Waals surface area contributed by atoms with Crippen LogP contribution in [0.4, 0.5) is 0 Å². The average molecular weight is 431 g/mol. The van der Waals surface area contributed by atoms with Crippen LogP contribution in [0, 0.1) is 52.3 Å². The van der Waals surface area contributed by atoms with Gasteiger partial charge in [0.05, 0.1) is 12.2 Å². The summed E-state index contributed by atoms with van der Waals surface area (Å²) in [5.74, 6) is 4.28. The van der Waals surface area contributed by atoms with E-state index in [1.807, 2.05) is 0 Å². The minimum atomic E-state index is -0.319. The van der Waals surface area contributed by atoms with Gasteiger partial charge in [-0.3, -0.25) is 0 Å². The van der Waals surface area contributed by atoms with Crippen molar-refractivity contribution in [2.24, 2.45) is 52.3 Å². The highest BCUT2D eigenvalue weighted by molar-refractivity contribution is 5.32. The third-order valence-corrected chi connectivity index (χ3v) is 11.3. The summed E-state index contributed by atoms with van der Waals surface area (Å²) in [7, 11) is 0. The fourth-order valence-corrected chi connectivity index (χ4v) is 9.27. The first-order valence-electron chi connectivity index (χ1n) is 13.7. The quantitative estimate of drug-likeness (QED) is 0.446. The lowest BCUT2D eigenvalue weighted by molar-refractivity contribution is -0.0875. The van der Waals surface area contributed by atoms with E-state index in [1.165, 1.54) is 56.9 Å². The van der Waals surface area contributed by atoms with Crippen LogP contribution in [0.2, 0.25) is 0 Å². The number of aliphatic hydroxyl groups is 2. The Morgan fingerprint density at radius 2 is 1.74 bits per heavy atom. The van der Waals surface area contributed by atoms with E-state index >= 15 is 0 Å². The molecule has 4 aliphatic carbocycles. The Bertz CT molecular complexity index is 668. The molecule has 4 rings (SSSR count). The molecule has 0 aromatic rings. The first-order chi connectivity index (χ1) is 14.6. The highest BCUT2D eigenvalue weighted by Gasteiger charge is 2.61. The molecule has 0 heterocycles. The first kappa shape index (κ1) is 23.8. The second kappa shape index (κ2) is 8.79. The van der Waals surface area contributed by atoms with Crippen molar-refractivity contribution in [2.45, 2.75) is 118 Å². The van der Waals surface area contributed by atoms with E-state index in [0.717, 1.165) is 24.7 Å². The zero-order valence-electron chi connectivity index (χ0n) is 21.2. The maximum atomic E-state index is 11.6. The summed E-state index contributed by atoms with van der Waals surface area (Å²) in [6, 6.07) is 0. The first-order valence-corrected chi connectivity index (χ1v) is 13.7. The summed E-state index contributed by atoms with van der Waals surface area (Å²) in [4.78, 5) is 0. The summed E-state index contributed by atoms with van der Waals surface area (Å²) in [5, 5.41) is 22.8. The molecule has 2 nitrogen and oxygen atoms in total. The van der Waals surface area contributed by atoms with E-state index in [9.17, 15) is 10.2 Å². The third-order valence-electron chi connectivity index (χ3n) is 11.3. The predicted octanol–water partition coefficient (Wildman–Crippen LogP) is 7.00. The molecular formula is C29H50O2. The Hall–Kier alpha value is -0.340. The van der Waals surface area contributed by atoms with Gasteiger partial charge in [-0.1, -0.05) is 78.9 Å². The summed E-state index contributed by atoms with van der Waals surface area (Å²) in [6.07, 6.45) is 14.1. The monoisotopic (exact) mass is 430 g/mol. The van der Waals surface area contributed by atoms with Gasteiger partial charge in [-0.25, -0.2) is 0 Å². The van der Waals surface area contributed by atoms with E-state index in [1.54, 1.807) is 0 Å². The molecule has 10 atom stereocenters. The number of fused-ring (bicyclic) bond motifs is 5. The van der Waals surface area contributed by atoms with Crippen LogP contribution in [0.5, 0.6) is 0 Å². The van der Waals surface area contributed by atoms with Crippen molar-refractivity contribution < 1.29 is 10.2 Å². The maximum absolute atomic E-state index is 11.6. The Balaban J connectivity index is 1.58. The third kappa shape index (κ3) is 3.76. The molecule has 0 saturated heterocycles. The fourth-order valence-electron chi connectivity index (χ4n) is 9.27. The topological polar surface area (TPSA) is 40.5 Å². The zero-order valence-corrected chi connectivity index (χ0v) is 21.2. The van der Waals surface area contributed by atoms with Gasteiger partial charge < -0.3 is 10.2 Å². The molecule has 3 fully saturated rings. The second-order valence-corrected chi connectivity index (χ2v) is 12.9. The molecule has 2 heteroatoms. The van der Waals surface area contributed by atoms with E-state index in [-0.39, 0.29) is 23.0 Å². The molecule has 3 saturated carbocycles. The minimum Gasteiger partial charge on any atom is -0.393 e. The van der Waals surface area contributed by atoms with Crippen molar-refractivity contribution in [1.29, 1.82) is 0 Å². The molecule has 0 aliphatic heterocycles. The molecule has 31 heavy (non-hydrogen) atoms. The van der Waals surface area contributed by atoms with Gasteiger partial charge in [-0.2, -0.15) is 0 Å². The van der Waals surface area contributed by atoms with E-state index in [4.69, 9.17) is 0 Å². The van der Waals surface area contributed by atoms with Gasteiger partial charge in [0.15, 0.2) is 0 Å². The fraction of sp³-hybridized carbons (Fsp3) is 0.931. The zero-order chi connectivity index (χ0) is 22.6. The Morgan fingerprint density at radius 1 is 1.00 bits per heavy atom. The molecule has 0 amide bonds. The van der Waals surface area contributed by atoms with Crippen molar-refractivity contribution in [3.8, 4) is 0 Å². The molecular weight excluding hydrogens is 380 g/mol. The van der Waals surface area contributed by atoms with Gasteiger partial charge in [0.1, 0.15) is 0 Å². The molecule has 4 aliphatic rings. The number of aliphatic hydroxyl groups excluding tert-OH is 2. The van der Waals surface area contributed by atoms with Crippen LogP contribution in [0.1, 0.15) is 106 Å². The van der Waals surface area contributed by atoms with E-state index in [2.05, 4.69) is 47.6 Å². The smallest absolute Gasteiger partial charge is 0.0782 e. The molecule has 178 valence electrons. The Labute approximate surface area is 192 Å². The lowest BCUT2D eigenvalue weighted by Crippen LogP contribution is -2.55.